The molecule has 0 aromatic carbocycles. The second kappa shape index (κ2) is 5.98. The largest absolute Gasteiger partial charge is 0.393 e. The highest BCUT2D eigenvalue weighted by molar-refractivity contribution is 9.10. The predicted molar refractivity (Wildman–Crippen MR) is 61.3 cm³/mol. The van der Waals surface area contributed by atoms with Crippen molar-refractivity contribution in [3.63, 3.8) is 0 Å². The molecule has 0 bridgehead atoms. The van der Waals surface area contributed by atoms with Gasteiger partial charge in [-0.2, -0.15) is 0 Å². The van der Waals surface area contributed by atoms with Crippen molar-refractivity contribution in [1.82, 2.24) is 4.98 Å². The number of nitrogens with zero attached hydrogens (tertiary/aromatic N) is 1. The lowest BCUT2D eigenvalue weighted by Gasteiger charge is -2.08. The molecule has 3 nitrogen and oxygen atoms in total. The highest BCUT2D eigenvalue weighted by atomic mass is 79.9. The molecule has 0 radical (unpaired) electrons. The number of halogens is 1. The van der Waals surface area contributed by atoms with Gasteiger partial charge in [0.15, 0.2) is 0 Å². The molecule has 1 heterocycles. The maximum Gasteiger partial charge on any atom is 0.125 e. The number of hydrogen-bond acceptors (Lipinski definition) is 3. The van der Waals surface area contributed by atoms with Crippen molar-refractivity contribution in [2.24, 2.45) is 0 Å². The molecule has 0 aliphatic heterocycles. The van der Waals surface area contributed by atoms with Crippen LogP contribution in [0.25, 0.3) is 0 Å². The van der Waals surface area contributed by atoms with Gasteiger partial charge in [0, 0.05) is 17.2 Å². The molecular weight excluding hydrogens is 244 g/mol. The standard InChI is InChI=1S/C10H15BrN2O/c1-2-9(14)5-6-12-10-4-3-8(11)7-13-10/h3-4,7,9,14H,2,5-6H2,1H3,(H,12,13). The Morgan fingerprint density at radius 1 is 1.57 bits per heavy atom. The van der Waals surface area contributed by atoms with Crippen LogP contribution in [0.15, 0.2) is 22.8 Å². The summed E-state index contributed by atoms with van der Waals surface area (Å²) >= 11 is 3.32. The zero-order chi connectivity index (χ0) is 10.4. The predicted octanol–water partition coefficient (Wildman–Crippen LogP) is 2.42. The summed E-state index contributed by atoms with van der Waals surface area (Å²) in [5.41, 5.74) is 0. The minimum atomic E-state index is -0.210. The van der Waals surface area contributed by atoms with Gasteiger partial charge in [0.1, 0.15) is 5.82 Å². The Hall–Kier alpha value is -0.610. The van der Waals surface area contributed by atoms with Crippen LogP contribution in [0.2, 0.25) is 0 Å². The maximum absolute atomic E-state index is 9.31. The Morgan fingerprint density at radius 3 is 2.93 bits per heavy atom. The zero-order valence-electron chi connectivity index (χ0n) is 8.20. The van der Waals surface area contributed by atoms with E-state index in [1.807, 2.05) is 19.1 Å². The molecule has 1 aromatic rings. The van der Waals surface area contributed by atoms with E-state index < -0.39 is 0 Å². The van der Waals surface area contributed by atoms with E-state index >= 15 is 0 Å². The molecular formula is C10H15BrN2O. The van der Waals surface area contributed by atoms with Gasteiger partial charge in [0.2, 0.25) is 0 Å². The van der Waals surface area contributed by atoms with E-state index in [1.54, 1.807) is 6.20 Å². The van der Waals surface area contributed by atoms with Crippen LogP contribution >= 0.6 is 15.9 Å². The van der Waals surface area contributed by atoms with E-state index in [2.05, 4.69) is 26.2 Å². The van der Waals surface area contributed by atoms with E-state index in [-0.39, 0.29) is 6.10 Å². The van der Waals surface area contributed by atoms with Crippen LogP contribution < -0.4 is 5.32 Å². The molecule has 0 saturated carbocycles. The molecule has 1 aromatic heterocycles. The van der Waals surface area contributed by atoms with Crippen LogP contribution in [-0.4, -0.2) is 22.7 Å². The third-order valence-electron chi connectivity index (χ3n) is 1.98. The van der Waals surface area contributed by atoms with Crippen LogP contribution in [0.4, 0.5) is 5.82 Å². The average molecular weight is 259 g/mol. The minimum absolute atomic E-state index is 0.210. The fraction of sp³-hybridized carbons (Fsp3) is 0.500. The van der Waals surface area contributed by atoms with E-state index in [4.69, 9.17) is 0 Å². The zero-order valence-corrected chi connectivity index (χ0v) is 9.79. The Balaban J connectivity index is 2.28. The van der Waals surface area contributed by atoms with Gasteiger partial charge in [-0.1, -0.05) is 6.92 Å². The number of anilines is 1. The van der Waals surface area contributed by atoms with Crippen molar-refractivity contribution in [2.45, 2.75) is 25.9 Å². The summed E-state index contributed by atoms with van der Waals surface area (Å²) in [5.74, 6) is 0.844. The van der Waals surface area contributed by atoms with Crippen LogP contribution in [0.3, 0.4) is 0 Å². The summed E-state index contributed by atoms with van der Waals surface area (Å²) in [6.07, 6.45) is 3.10. The Kier molecular flexibility index (Phi) is 4.90. The lowest BCUT2D eigenvalue weighted by atomic mass is 10.2. The SMILES string of the molecule is CCC(O)CCNc1ccc(Br)cn1. The van der Waals surface area contributed by atoms with Gasteiger partial charge in [-0.25, -0.2) is 4.98 Å². The Bertz CT molecular complexity index is 263. The van der Waals surface area contributed by atoms with Gasteiger partial charge < -0.3 is 10.4 Å². The summed E-state index contributed by atoms with van der Waals surface area (Å²) in [7, 11) is 0. The molecule has 0 spiro atoms. The molecule has 0 saturated heterocycles. The smallest absolute Gasteiger partial charge is 0.125 e. The number of pyridine rings is 1. The van der Waals surface area contributed by atoms with E-state index in [9.17, 15) is 5.11 Å². The normalized spacial score (nSPS) is 12.5. The second-order valence-corrected chi connectivity index (χ2v) is 4.05. The molecule has 0 fully saturated rings. The van der Waals surface area contributed by atoms with Gasteiger partial charge in [0.05, 0.1) is 6.10 Å². The second-order valence-electron chi connectivity index (χ2n) is 3.14. The number of nitrogens with one attached hydrogen (secondary N) is 1. The van der Waals surface area contributed by atoms with E-state index in [0.29, 0.717) is 0 Å². The van der Waals surface area contributed by atoms with Gasteiger partial charge in [-0.05, 0) is 40.9 Å². The van der Waals surface area contributed by atoms with Crippen molar-refractivity contribution < 1.29 is 5.11 Å². The summed E-state index contributed by atoms with van der Waals surface area (Å²) in [6.45, 7) is 2.73. The molecule has 1 atom stereocenters. The highest BCUT2D eigenvalue weighted by Gasteiger charge is 1.99. The number of rotatable bonds is 5. The van der Waals surface area contributed by atoms with Crippen molar-refractivity contribution in [2.75, 3.05) is 11.9 Å². The first-order valence-corrected chi connectivity index (χ1v) is 5.55. The third kappa shape index (κ3) is 4.07. The molecule has 0 aliphatic carbocycles. The first-order chi connectivity index (χ1) is 6.72. The monoisotopic (exact) mass is 258 g/mol. The summed E-state index contributed by atoms with van der Waals surface area (Å²) in [4.78, 5) is 4.16. The summed E-state index contributed by atoms with van der Waals surface area (Å²) in [5, 5.41) is 12.5. The Labute approximate surface area is 92.7 Å². The number of hydrogen-bond donors (Lipinski definition) is 2. The van der Waals surface area contributed by atoms with Gasteiger partial charge in [-0.3, -0.25) is 0 Å². The average Bonchev–Trinajstić information content (AvgIpc) is 2.21. The van der Waals surface area contributed by atoms with Gasteiger partial charge in [0.25, 0.3) is 0 Å². The van der Waals surface area contributed by atoms with Crippen LogP contribution in [0, 0.1) is 0 Å². The first-order valence-electron chi connectivity index (χ1n) is 4.76. The third-order valence-corrected chi connectivity index (χ3v) is 2.45. The topological polar surface area (TPSA) is 45.1 Å². The molecule has 4 heteroatoms. The summed E-state index contributed by atoms with van der Waals surface area (Å²) in [6, 6.07) is 3.84. The molecule has 14 heavy (non-hydrogen) atoms. The first kappa shape index (κ1) is 11.5. The number of aromatic nitrogens is 1. The maximum atomic E-state index is 9.31. The van der Waals surface area contributed by atoms with Crippen LogP contribution in [0.5, 0.6) is 0 Å². The molecule has 78 valence electrons. The number of aliphatic hydroxyl groups excluding tert-OH is 1. The highest BCUT2D eigenvalue weighted by Crippen LogP contribution is 2.10. The number of aliphatic hydroxyl groups is 1. The fourth-order valence-electron chi connectivity index (χ4n) is 1.05. The van der Waals surface area contributed by atoms with Crippen LogP contribution in [-0.2, 0) is 0 Å². The molecule has 0 aliphatic rings. The quantitative estimate of drug-likeness (QED) is 0.853. The lowest BCUT2D eigenvalue weighted by Crippen LogP contribution is -2.12. The Morgan fingerprint density at radius 2 is 2.36 bits per heavy atom. The lowest BCUT2D eigenvalue weighted by molar-refractivity contribution is 0.164. The van der Waals surface area contributed by atoms with Gasteiger partial charge >= 0.3 is 0 Å². The van der Waals surface area contributed by atoms with Crippen LogP contribution in [0.1, 0.15) is 19.8 Å². The fourth-order valence-corrected chi connectivity index (χ4v) is 1.29. The van der Waals surface area contributed by atoms with Crippen molar-refractivity contribution in [3.8, 4) is 0 Å². The molecule has 1 rings (SSSR count). The van der Waals surface area contributed by atoms with Crippen molar-refractivity contribution in [1.29, 1.82) is 0 Å². The van der Waals surface area contributed by atoms with Crippen molar-refractivity contribution >= 4 is 21.7 Å². The van der Waals surface area contributed by atoms with E-state index in [0.717, 1.165) is 29.7 Å². The van der Waals surface area contributed by atoms with Crippen molar-refractivity contribution in [3.05, 3.63) is 22.8 Å². The summed E-state index contributed by atoms with van der Waals surface area (Å²) < 4.78 is 0.969. The minimum Gasteiger partial charge on any atom is -0.393 e. The molecule has 1 unspecified atom stereocenters. The van der Waals surface area contributed by atoms with Gasteiger partial charge in [-0.15, -0.1) is 0 Å². The van der Waals surface area contributed by atoms with E-state index in [1.165, 1.54) is 0 Å². The molecule has 2 N–H and O–H groups in total. The molecule has 0 amide bonds.